The smallest absolute Gasteiger partial charge is 0.312 e. The Morgan fingerprint density at radius 3 is 2.18 bits per heavy atom. The van der Waals surface area contributed by atoms with Gasteiger partial charge >= 0.3 is 5.97 Å². The highest BCUT2D eigenvalue weighted by atomic mass is 16.5. The van der Waals surface area contributed by atoms with Crippen LogP contribution in [0.4, 0.5) is 0 Å². The number of aliphatic hydroxyl groups is 1. The molecule has 3 unspecified atom stereocenters. The first-order chi connectivity index (χ1) is 10.2. The van der Waals surface area contributed by atoms with Crippen molar-refractivity contribution in [2.45, 2.75) is 86.7 Å². The Morgan fingerprint density at radius 1 is 1.18 bits per heavy atom. The lowest BCUT2D eigenvalue weighted by Gasteiger charge is -2.39. The van der Waals surface area contributed by atoms with Crippen LogP contribution in [0.25, 0.3) is 0 Å². The molecule has 0 aliphatic heterocycles. The molecule has 3 nitrogen and oxygen atoms in total. The van der Waals surface area contributed by atoms with Gasteiger partial charge in [-0.3, -0.25) is 4.79 Å². The standard InChI is InChI=1S/C19H38O3/c1-8-10-11-16(9-2)19(7,15(5)6)18(21)22-13-17(20)12-14(3)4/h14-17,20H,8-13H2,1-7H3. The molecule has 0 saturated carbocycles. The number of rotatable bonds is 11. The molecule has 0 aromatic heterocycles. The van der Waals surface area contributed by atoms with Gasteiger partial charge in [0.1, 0.15) is 6.61 Å². The molecule has 132 valence electrons. The SMILES string of the molecule is CCCCC(CC)C(C)(C(=O)OCC(O)CC(C)C)C(C)C. The first kappa shape index (κ1) is 21.4. The lowest BCUT2D eigenvalue weighted by molar-refractivity contribution is -0.165. The van der Waals surface area contributed by atoms with Gasteiger partial charge in [0.05, 0.1) is 11.5 Å². The van der Waals surface area contributed by atoms with Crippen molar-refractivity contribution in [3.63, 3.8) is 0 Å². The maximum absolute atomic E-state index is 12.7. The normalized spacial score (nSPS) is 17.4. The Hall–Kier alpha value is -0.570. The van der Waals surface area contributed by atoms with Crippen LogP contribution in [-0.4, -0.2) is 23.8 Å². The molecule has 22 heavy (non-hydrogen) atoms. The Kier molecular flexibility index (Phi) is 9.99. The summed E-state index contributed by atoms with van der Waals surface area (Å²) in [7, 11) is 0. The molecule has 0 fully saturated rings. The van der Waals surface area contributed by atoms with E-state index in [1.54, 1.807) is 0 Å². The second-order valence-corrected chi connectivity index (χ2v) is 7.57. The molecule has 0 aliphatic rings. The average molecular weight is 315 g/mol. The highest BCUT2D eigenvalue weighted by Gasteiger charge is 2.44. The number of hydrogen-bond acceptors (Lipinski definition) is 3. The van der Waals surface area contributed by atoms with E-state index >= 15 is 0 Å². The third-order valence-electron chi connectivity index (χ3n) is 5.04. The fourth-order valence-electron chi connectivity index (χ4n) is 3.19. The molecule has 3 heteroatoms. The predicted octanol–water partition coefficient (Wildman–Crippen LogP) is 4.82. The van der Waals surface area contributed by atoms with Crippen LogP contribution in [0, 0.1) is 23.2 Å². The predicted molar refractivity (Wildman–Crippen MR) is 92.7 cm³/mol. The summed E-state index contributed by atoms with van der Waals surface area (Å²) in [6.45, 7) is 14.8. The Balaban J connectivity index is 4.86. The Morgan fingerprint density at radius 2 is 1.77 bits per heavy atom. The van der Waals surface area contributed by atoms with E-state index in [-0.39, 0.29) is 18.5 Å². The van der Waals surface area contributed by atoms with Crippen LogP contribution >= 0.6 is 0 Å². The maximum atomic E-state index is 12.7. The second kappa shape index (κ2) is 10.3. The number of unbranched alkanes of at least 4 members (excludes halogenated alkanes) is 1. The molecule has 0 rings (SSSR count). The summed E-state index contributed by atoms with van der Waals surface area (Å²) in [6, 6.07) is 0. The minimum Gasteiger partial charge on any atom is -0.463 e. The second-order valence-electron chi connectivity index (χ2n) is 7.57. The minimum atomic E-state index is -0.559. The van der Waals surface area contributed by atoms with Gasteiger partial charge in [-0.25, -0.2) is 0 Å². The van der Waals surface area contributed by atoms with Crippen molar-refractivity contribution in [3.8, 4) is 0 Å². The fourth-order valence-corrected chi connectivity index (χ4v) is 3.19. The van der Waals surface area contributed by atoms with Crippen LogP contribution in [-0.2, 0) is 9.53 Å². The molecule has 0 bridgehead atoms. The van der Waals surface area contributed by atoms with Crippen LogP contribution in [0.5, 0.6) is 0 Å². The Labute approximate surface area is 137 Å². The first-order valence-electron chi connectivity index (χ1n) is 9.05. The molecule has 0 aromatic carbocycles. The first-order valence-corrected chi connectivity index (χ1v) is 9.05. The van der Waals surface area contributed by atoms with Gasteiger partial charge in [0.2, 0.25) is 0 Å². The van der Waals surface area contributed by atoms with Gasteiger partial charge in [0.15, 0.2) is 0 Å². The molecule has 0 spiro atoms. The van der Waals surface area contributed by atoms with Crippen molar-refractivity contribution >= 4 is 5.97 Å². The zero-order valence-electron chi connectivity index (χ0n) is 15.8. The van der Waals surface area contributed by atoms with Gasteiger partial charge in [0.25, 0.3) is 0 Å². The molecule has 0 aromatic rings. The lowest BCUT2D eigenvalue weighted by atomic mass is 9.66. The van der Waals surface area contributed by atoms with E-state index in [9.17, 15) is 9.90 Å². The van der Waals surface area contributed by atoms with Crippen molar-refractivity contribution in [3.05, 3.63) is 0 Å². The molecular formula is C19H38O3. The number of carbonyl (C=O) groups is 1. The summed E-state index contributed by atoms with van der Waals surface area (Å²) in [4.78, 5) is 12.7. The van der Waals surface area contributed by atoms with Crippen molar-refractivity contribution in [2.75, 3.05) is 6.61 Å². The highest BCUT2D eigenvalue weighted by Crippen LogP contribution is 2.41. The summed E-state index contributed by atoms with van der Waals surface area (Å²) in [6.07, 6.45) is 4.44. The zero-order chi connectivity index (χ0) is 17.3. The maximum Gasteiger partial charge on any atom is 0.312 e. The minimum absolute atomic E-state index is 0.115. The van der Waals surface area contributed by atoms with Crippen LogP contribution in [0.3, 0.4) is 0 Å². The molecule has 3 atom stereocenters. The monoisotopic (exact) mass is 314 g/mol. The number of esters is 1. The number of aliphatic hydroxyl groups excluding tert-OH is 1. The molecule has 0 aliphatic carbocycles. The van der Waals surface area contributed by atoms with Gasteiger partial charge in [-0.15, -0.1) is 0 Å². The van der Waals surface area contributed by atoms with Crippen molar-refractivity contribution in [1.29, 1.82) is 0 Å². The van der Waals surface area contributed by atoms with Crippen molar-refractivity contribution in [1.82, 2.24) is 0 Å². The fraction of sp³-hybridized carbons (Fsp3) is 0.947. The summed E-state index contributed by atoms with van der Waals surface area (Å²) in [5, 5.41) is 9.93. The van der Waals surface area contributed by atoms with Gasteiger partial charge in [0, 0.05) is 0 Å². The van der Waals surface area contributed by atoms with E-state index in [1.807, 2.05) is 6.92 Å². The van der Waals surface area contributed by atoms with Crippen molar-refractivity contribution < 1.29 is 14.6 Å². The quantitative estimate of drug-likeness (QED) is 0.556. The molecule has 0 amide bonds. The summed E-state index contributed by atoms with van der Waals surface area (Å²) in [5.41, 5.74) is -0.471. The van der Waals surface area contributed by atoms with Crippen LogP contribution in [0.2, 0.25) is 0 Å². The number of ether oxygens (including phenoxy) is 1. The van der Waals surface area contributed by atoms with Gasteiger partial charge in [-0.1, -0.05) is 60.8 Å². The van der Waals surface area contributed by atoms with Crippen LogP contribution in [0.15, 0.2) is 0 Å². The topological polar surface area (TPSA) is 46.5 Å². The molecule has 0 heterocycles. The van der Waals surface area contributed by atoms with E-state index in [0.717, 1.165) is 25.7 Å². The molecule has 1 N–H and O–H groups in total. The number of carbonyl (C=O) groups excluding carboxylic acids is 1. The van der Waals surface area contributed by atoms with E-state index in [4.69, 9.17) is 4.74 Å². The summed E-state index contributed by atoms with van der Waals surface area (Å²) < 4.78 is 5.50. The molecular weight excluding hydrogens is 276 g/mol. The van der Waals surface area contributed by atoms with E-state index < -0.39 is 11.5 Å². The lowest BCUT2D eigenvalue weighted by Crippen LogP contribution is -2.42. The van der Waals surface area contributed by atoms with E-state index in [2.05, 4.69) is 41.5 Å². The highest BCUT2D eigenvalue weighted by molar-refractivity contribution is 5.77. The average Bonchev–Trinajstić information content (AvgIpc) is 2.44. The van der Waals surface area contributed by atoms with Gasteiger partial charge in [-0.05, 0) is 37.5 Å². The van der Waals surface area contributed by atoms with E-state index in [0.29, 0.717) is 18.3 Å². The Bertz CT molecular complexity index is 312. The summed E-state index contributed by atoms with van der Waals surface area (Å²) in [5.74, 6) is 0.817. The summed E-state index contributed by atoms with van der Waals surface area (Å²) >= 11 is 0. The number of hydrogen-bond donors (Lipinski definition) is 1. The van der Waals surface area contributed by atoms with Crippen LogP contribution < -0.4 is 0 Å². The molecule has 0 radical (unpaired) electrons. The van der Waals surface area contributed by atoms with Gasteiger partial charge in [-0.2, -0.15) is 0 Å². The largest absolute Gasteiger partial charge is 0.463 e. The zero-order valence-corrected chi connectivity index (χ0v) is 15.8. The van der Waals surface area contributed by atoms with Gasteiger partial charge < -0.3 is 9.84 Å². The molecule has 0 saturated heterocycles. The third kappa shape index (κ3) is 6.28. The third-order valence-corrected chi connectivity index (χ3v) is 5.04. The van der Waals surface area contributed by atoms with Crippen LogP contribution in [0.1, 0.15) is 80.6 Å². The van der Waals surface area contributed by atoms with E-state index in [1.165, 1.54) is 0 Å². The van der Waals surface area contributed by atoms with Crippen molar-refractivity contribution in [2.24, 2.45) is 23.2 Å².